The lowest BCUT2D eigenvalue weighted by atomic mass is 9.92. The number of carbonyl (C=O) groups excluding carboxylic acids is 1. The molecule has 0 aliphatic heterocycles. The number of nitrogens with zero attached hydrogens (tertiary/aromatic N) is 2. The zero-order valence-corrected chi connectivity index (χ0v) is 19.9. The van der Waals surface area contributed by atoms with E-state index in [9.17, 15) is 14.7 Å². The number of anilines is 3. The summed E-state index contributed by atoms with van der Waals surface area (Å²) in [6.45, 7) is 6.71. The first-order chi connectivity index (χ1) is 16.2. The Morgan fingerprint density at radius 3 is 2.53 bits per heavy atom. The van der Waals surface area contributed by atoms with Crippen molar-refractivity contribution in [2.45, 2.75) is 71.3 Å². The van der Waals surface area contributed by atoms with Crippen LogP contribution in [0.2, 0.25) is 0 Å². The molecule has 2 atom stereocenters. The predicted octanol–water partition coefficient (Wildman–Crippen LogP) is 5.75. The molecule has 34 heavy (non-hydrogen) atoms. The topological polar surface area (TPSA) is 108 Å². The molecule has 0 spiro atoms. The number of carboxylic acid groups (broad SMARTS) is 1. The lowest BCUT2D eigenvalue weighted by molar-refractivity contribution is -0.138. The number of rotatable bonds is 8. The molecular weight excluding hydrogens is 439 g/mol. The van der Waals surface area contributed by atoms with Crippen molar-refractivity contribution < 1.29 is 23.6 Å². The summed E-state index contributed by atoms with van der Waals surface area (Å²) in [7, 11) is 0. The molecule has 2 aromatic rings. The van der Waals surface area contributed by atoms with E-state index >= 15 is 4.39 Å². The van der Waals surface area contributed by atoms with Gasteiger partial charge in [-0.15, -0.1) is 0 Å². The number of aryl methyl sites for hydroxylation is 1. The van der Waals surface area contributed by atoms with Gasteiger partial charge in [0.15, 0.2) is 0 Å². The molecule has 2 aliphatic rings. The van der Waals surface area contributed by atoms with Crippen LogP contribution < -0.4 is 15.5 Å². The van der Waals surface area contributed by atoms with Gasteiger partial charge >= 0.3 is 12.0 Å². The summed E-state index contributed by atoms with van der Waals surface area (Å²) in [6.07, 6.45) is 5.87. The average Bonchev–Trinajstić information content (AvgIpc) is 3.49. The van der Waals surface area contributed by atoms with E-state index in [2.05, 4.69) is 34.5 Å². The van der Waals surface area contributed by atoms with Crippen LogP contribution in [0.15, 0.2) is 22.7 Å². The highest BCUT2D eigenvalue weighted by Gasteiger charge is 2.46. The molecule has 8 nitrogen and oxygen atoms in total. The molecule has 0 saturated heterocycles. The van der Waals surface area contributed by atoms with E-state index in [-0.39, 0.29) is 17.8 Å². The van der Waals surface area contributed by atoms with Crippen molar-refractivity contribution in [1.29, 1.82) is 0 Å². The van der Waals surface area contributed by atoms with Gasteiger partial charge in [-0.1, -0.05) is 38.3 Å². The van der Waals surface area contributed by atoms with Crippen LogP contribution in [-0.2, 0) is 4.79 Å². The van der Waals surface area contributed by atoms with E-state index in [1.165, 1.54) is 12.5 Å². The molecule has 1 aromatic heterocycles. The third-order valence-corrected chi connectivity index (χ3v) is 6.62. The normalized spacial score (nSPS) is 20.3. The molecule has 9 heteroatoms. The maximum absolute atomic E-state index is 15.3. The SMILES string of the molecule is Cc1cc(NC(=O)Nc2cc(C3CC3C(=O)O)c(F)cc2N(CC(C)C)C2CCCCC2)on1. The first-order valence-corrected chi connectivity index (χ1v) is 12.1. The number of carboxylic acids is 1. The fourth-order valence-electron chi connectivity index (χ4n) is 4.93. The van der Waals surface area contributed by atoms with Gasteiger partial charge in [0.2, 0.25) is 5.88 Å². The van der Waals surface area contributed by atoms with E-state index in [4.69, 9.17) is 4.52 Å². The number of hydrogen-bond acceptors (Lipinski definition) is 5. The Balaban J connectivity index is 1.68. The Morgan fingerprint density at radius 2 is 1.94 bits per heavy atom. The molecule has 2 unspecified atom stereocenters. The summed E-state index contributed by atoms with van der Waals surface area (Å²) in [4.78, 5) is 26.4. The monoisotopic (exact) mass is 472 g/mol. The molecule has 4 rings (SSSR count). The predicted molar refractivity (Wildman–Crippen MR) is 128 cm³/mol. The van der Waals surface area contributed by atoms with Crippen LogP contribution >= 0.6 is 0 Å². The Hall–Kier alpha value is -3.10. The highest BCUT2D eigenvalue weighted by Crippen LogP contribution is 2.50. The number of amides is 2. The van der Waals surface area contributed by atoms with Crippen LogP contribution in [0.25, 0.3) is 0 Å². The Morgan fingerprint density at radius 1 is 1.21 bits per heavy atom. The van der Waals surface area contributed by atoms with E-state index in [1.54, 1.807) is 19.1 Å². The number of nitrogens with one attached hydrogen (secondary N) is 2. The largest absolute Gasteiger partial charge is 0.481 e. The molecule has 2 amide bonds. The molecule has 1 aromatic carbocycles. The lowest BCUT2D eigenvalue weighted by Crippen LogP contribution is -2.40. The van der Waals surface area contributed by atoms with Gasteiger partial charge in [-0.3, -0.25) is 10.1 Å². The van der Waals surface area contributed by atoms with Gasteiger partial charge in [0.05, 0.1) is 23.0 Å². The highest BCUT2D eigenvalue weighted by atomic mass is 19.1. The zero-order valence-electron chi connectivity index (χ0n) is 19.9. The maximum atomic E-state index is 15.3. The van der Waals surface area contributed by atoms with Crippen LogP contribution in [0.1, 0.15) is 69.5 Å². The number of halogens is 1. The number of aromatic nitrogens is 1. The fraction of sp³-hybridized carbons (Fsp3) is 0.560. The smallest absolute Gasteiger partial charge is 0.326 e. The van der Waals surface area contributed by atoms with Crippen LogP contribution in [-0.4, -0.2) is 34.9 Å². The van der Waals surface area contributed by atoms with Crippen molar-refractivity contribution in [1.82, 2.24) is 5.16 Å². The van der Waals surface area contributed by atoms with Crippen LogP contribution in [0, 0.1) is 24.6 Å². The number of aliphatic carboxylic acids is 1. The third kappa shape index (κ3) is 5.51. The van der Waals surface area contributed by atoms with Crippen LogP contribution in [0.5, 0.6) is 0 Å². The number of hydrogen-bond donors (Lipinski definition) is 3. The number of urea groups is 1. The summed E-state index contributed by atoms with van der Waals surface area (Å²) in [5.74, 6) is -1.79. The lowest BCUT2D eigenvalue weighted by Gasteiger charge is -2.38. The number of carbonyl (C=O) groups is 2. The first-order valence-electron chi connectivity index (χ1n) is 12.1. The van der Waals surface area contributed by atoms with E-state index in [0.717, 1.165) is 32.2 Å². The fourth-order valence-corrected chi connectivity index (χ4v) is 4.93. The molecule has 2 aliphatic carbocycles. The maximum Gasteiger partial charge on any atom is 0.326 e. The molecular formula is C25H33FN4O4. The Bertz CT molecular complexity index is 1050. The standard InChI is InChI=1S/C25H33FN4O4/c1-14(2)13-30(16-7-5-4-6-8-16)22-12-20(26)18(17-10-19(17)24(31)32)11-21(22)27-25(33)28-23-9-15(3)29-34-23/h9,11-12,14,16-17,19H,4-8,10,13H2,1-3H3,(H,31,32)(H2,27,28,33). The van der Waals surface area contributed by atoms with Gasteiger partial charge in [-0.2, -0.15) is 0 Å². The average molecular weight is 473 g/mol. The van der Waals surface area contributed by atoms with Gasteiger partial charge in [0.25, 0.3) is 0 Å². The van der Waals surface area contributed by atoms with Crippen molar-refractivity contribution in [3.8, 4) is 0 Å². The van der Waals surface area contributed by atoms with Gasteiger partial charge in [0, 0.05) is 24.6 Å². The second kappa shape index (κ2) is 10.0. The molecule has 184 valence electrons. The molecule has 2 fully saturated rings. The minimum Gasteiger partial charge on any atom is -0.481 e. The molecule has 2 saturated carbocycles. The Kier molecular flexibility index (Phi) is 7.09. The van der Waals surface area contributed by atoms with Gasteiger partial charge < -0.3 is 19.8 Å². The minimum atomic E-state index is -0.926. The first kappa shape index (κ1) is 24.0. The molecule has 0 bridgehead atoms. The molecule has 0 radical (unpaired) electrons. The minimum absolute atomic E-state index is 0.207. The summed E-state index contributed by atoms with van der Waals surface area (Å²) in [5.41, 5.74) is 2.05. The number of benzene rings is 1. The van der Waals surface area contributed by atoms with Gasteiger partial charge in [0.1, 0.15) is 5.82 Å². The summed E-state index contributed by atoms with van der Waals surface area (Å²) < 4.78 is 20.4. The van der Waals surface area contributed by atoms with Crippen LogP contribution in [0.3, 0.4) is 0 Å². The van der Waals surface area contributed by atoms with Crippen molar-refractivity contribution in [3.63, 3.8) is 0 Å². The molecule has 3 N–H and O–H groups in total. The van der Waals surface area contributed by atoms with Crippen molar-refractivity contribution in [2.24, 2.45) is 11.8 Å². The quantitative estimate of drug-likeness (QED) is 0.452. The van der Waals surface area contributed by atoms with Crippen molar-refractivity contribution in [3.05, 3.63) is 35.3 Å². The Labute approximate surface area is 198 Å². The molecule has 1 heterocycles. The van der Waals surface area contributed by atoms with Crippen LogP contribution in [0.4, 0.5) is 26.4 Å². The van der Waals surface area contributed by atoms with Gasteiger partial charge in [-0.05, 0) is 49.8 Å². The second-order valence-electron chi connectivity index (χ2n) is 9.93. The van der Waals surface area contributed by atoms with E-state index < -0.39 is 23.7 Å². The zero-order chi connectivity index (χ0) is 24.4. The summed E-state index contributed by atoms with van der Waals surface area (Å²) in [6, 6.07) is 4.41. The summed E-state index contributed by atoms with van der Waals surface area (Å²) in [5, 5.41) is 18.6. The highest BCUT2D eigenvalue weighted by molar-refractivity contribution is 6.01. The second-order valence-corrected chi connectivity index (χ2v) is 9.93. The van der Waals surface area contributed by atoms with Crippen molar-refractivity contribution >= 4 is 29.3 Å². The van der Waals surface area contributed by atoms with E-state index in [1.807, 2.05) is 0 Å². The van der Waals surface area contributed by atoms with Crippen molar-refractivity contribution in [2.75, 3.05) is 22.1 Å². The van der Waals surface area contributed by atoms with E-state index in [0.29, 0.717) is 35.0 Å². The summed E-state index contributed by atoms with van der Waals surface area (Å²) >= 11 is 0. The van der Waals surface area contributed by atoms with Gasteiger partial charge in [-0.25, -0.2) is 9.18 Å². The third-order valence-electron chi connectivity index (χ3n) is 6.62.